The minimum absolute atomic E-state index is 0.0666. The first-order chi connectivity index (χ1) is 11.9. The molecule has 0 radical (unpaired) electrons. The number of hydrogen-bond acceptors (Lipinski definition) is 8. The van der Waals surface area contributed by atoms with Gasteiger partial charge in [0.25, 0.3) is 10.1 Å². The van der Waals surface area contributed by atoms with E-state index < -0.39 is 46.5 Å². The minimum Gasteiger partial charge on any atom is -0.387 e. The fraction of sp³-hybridized carbons (Fsp3) is 0.625. The van der Waals surface area contributed by atoms with Crippen molar-refractivity contribution in [2.24, 2.45) is 5.73 Å². The summed E-state index contributed by atoms with van der Waals surface area (Å²) in [5.41, 5.74) is 6.42. The highest BCUT2D eigenvalue weighted by Gasteiger charge is 2.49. The van der Waals surface area contributed by atoms with E-state index in [0.717, 1.165) is 5.56 Å². The molecule has 3 rings (SSSR count). The number of aryl methyl sites for hydroxylation is 1. The van der Waals surface area contributed by atoms with Crippen LogP contribution in [0.2, 0.25) is 0 Å². The number of aliphatic hydroxyl groups excluding tert-OH is 2. The molecule has 2 aliphatic rings. The Balaban J connectivity index is 0.000000197. The number of aliphatic hydroxyl groups is 2. The van der Waals surface area contributed by atoms with Gasteiger partial charge in [0.2, 0.25) is 0 Å². The second-order valence-corrected chi connectivity index (χ2v) is 8.12. The molecule has 9 nitrogen and oxygen atoms in total. The van der Waals surface area contributed by atoms with Gasteiger partial charge in [-0.05, 0) is 32.9 Å². The predicted octanol–water partition coefficient (Wildman–Crippen LogP) is -0.215. The van der Waals surface area contributed by atoms with Crippen LogP contribution in [0.5, 0.6) is 0 Å². The summed E-state index contributed by atoms with van der Waals surface area (Å²) in [6.45, 7) is 5.73. The van der Waals surface area contributed by atoms with Crippen LogP contribution in [0.15, 0.2) is 29.2 Å². The summed E-state index contributed by atoms with van der Waals surface area (Å²) in [6, 6.07) is 5.99. The van der Waals surface area contributed by atoms with E-state index >= 15 is 0 Å². The average molecular weight is 391 g/mol. The van der Waals surface area contributed by atoms with Gasteiger partial charge in [-0.3, -0.25) is 4.55 Å². The highest BCUT2D eigenvalue weighted by molar-refractivity contribution is 7.85. The van der Waals surface area contributed by atoms with E-state index in [1.54, 1.807) is 26.0 Å². The summed E-state index contributed by atoms with van der Waals surface area (Å²) in [4.78, 5) is -0.0666. The molecule has 0 aliphatic carbocycles. The van der Waals surface area contributed by atoms with Gasteiger partial charge in [-0.25, -0.2) is 0 Å². The van der Waals surface area contributed by atoms with Crippen LogP contribution in [-0.2, 0) is 24.3 Å². The molecule has 2 heterocycles. The second kappa shape index (κ2) is 7.87. The molecular formula is C16H25NO8S. The average Bonchev–Trinajstić information content (AvgIpc) is 3.02. The first-order valence-electron chi connectivity index (χ1n) is 8.04. The van der Waals surface area contributed by atoms with E-state index in [-0.39, 0.29) is 4.90 Å². The van der Waals surface area contributed by atoms with E-state index in [4.69, 9.17) is 24.5 Å². The monoisotopic (exact) mass is 391 g/mol. The largest absolute Gasteiger partial charge is 0.387 e. The zero-order valence-electron chi connectivity index (χ0n) is 14.8. The lowest BCUT2D eigenvalue weighted by Crippen LogP contribution is -2.41. The van der Waals surface area contributed by atoms with Crippen LogP contribution >= 0.6 is 0 Å². The second-order valence-electron chi connectivity index (χ2n) is 6.70. The molecule has 5 N–H and O–H groups in total. The van der Waals surface area contributed by atoms with Crippen molar-refractivity contribution in [1.82, 2.24) is 0 Å². The molecule has 0 saturated carbocycles. The molecular weight excluding hydrogens is 366 g/mol. The topological polar surface area (TPSA) is 149 Å². The Kier molecular flexibility index (Phi) is 6.41. The van der Waals surface area contributed by atoms with Crippen LogP contribution in [0.3, 0.4) is 0 Å². The molecule has 0 bridgehead atoms. The van der Waals surface area contributed by atoms with Gasteiger partial charge in [0.1, 0.15) is 30.6 Å². The smallest absolute Gasteiger partial charge is 0.294 e. The lowest BCUT2D eigenvalue weighted by atomic mass is 10.1. The summed E-state index contributed by atoms with van der Waals surface area (Å²) in [7, 11) is -4.02. The van der Waals surface area contributed by atoms with Crippen molar-refractivity contribution >= 4 is 10.1 Å². The predicted molar refractivity (Wildman–Crippen MR) is 90.8 cm³/mol. The van der Waals surface area contributed by atoms with Gasteiger partial charge in [0.05, 0.1) is 11.5 Å². The number of rotatable bonds is 2. The van der Waals surface area contributed by atoms with Crippen molar-refractivity contribution in [1.29, 1.82) is 0 Å². The lowest BCUT2D eigenvalue weighted by Gasteiger charge is -2.22. The van der Waals surface area contributed by atoms with Crippen LogP contribution in [0.4, 0.5) is 0 Å². The van der Waals surface area contributed by atoms with E-state index in [9.17, 15) is 18.6 Å². The number of hydrogen-bond donors (Lipinski definition) is 4. The SMILES string of the molecule is CC1(C)OC[C@H]([C@H]2OC(N)[C@H](O)[C@H]2O)O1.Cc1ccc(S(=O)(=O)O)cc1. The Hall–Kier alpha value is -1.11. The highest BCUT2D eigenvalue weighted by Crippen LogP contribution is 2.30. The van der Waals surface area contributed by atoms with Crippen LogP contribution < -0.4 is 5.73 Å². The third-order valence-electron chi connectivity index (χ3n) is 4.05. The van der Waals surface area contributed by atoms with Gasteiger partial charge >= 0.3 is 0 Å². The van der Waals surface area contributed by atoms with Crippen molar-refractivity contribution in [2.45, 2.75) is 62.1 Å². The van der Waals surface area contributed by atoms with E-state index in [1.165, 1.54) is 12.1 Å². The standard InChI is InChI=1S/C9H17NO5.C7H8O3S/c1-9(2)13-3-4(15-9)7-5(11)6(12)8(10)14-7;1-6-2-4-7(5-3-6)11(8,9)10/h4-8,11-12H,3,10H2,1-2H3;2-5H,1H3,(H,8,9,10)/t4-,5-,6-,7-,8?;/m1./s1. The molecule has 1 unspecified atom stereocenters. The third-order valence-corrected chi connectivity index (χ3v) is 4.92. The van der Waals surface area contributed by atoms with Crippen molar-refractivity contribution in [3.63, 3.8) is 0 Å². The van der Waals surface area contributed by atoms with Gasteiger partial charge in [0.15, 0.2) is 5.79 Å². The summed E-state index contributed by atoms with van der Waals surface area (Å²) in [6.07, 6.45) is -3.97. The van der Waals surface area contributed by atoms with Crippen molar-refractivity contribution in [2.75, 3.05) is 6.61 Å². The van der Waals surface area contributed by atoms with Gasteiger partial charge in [0, 0.05) is 0 Å². The third kappa shape index (κ3) is 5.21. The summed E-state index contributed by atoms with van der Waals surface area (Å²) >= 11 is 0. The maximum absolute atomic E-state index is 10.5. The first-order valence-corrected chi connectivity index (χ1v) is 9.48. The summed E-state index contributed by atoms with van der Waals surface area (Å²) in [5.74, 6) is -0.675. The zero-order chi connectivity index (χ0) is 19.7. The fourth-order valence-corrected chi connectivity index (χ4v) is 3.11. The molecule has 5 atom stereocenters. The molecule has 0 aromatic heterocycles. The van der Waals surface area contributed by atoms with Gasteiger partial charge in [-0.2, -0.15) is 8.42 Å². The minimum atomic E-state index is -4.02. The molecule has 2 aliphatic heterocycles. The zero-order valence-corrected chi connectivity index (χ0v) is 15.6. The van der Waals surface area contributed by atoms with Crippen molar-refractivity contribution in [3.05, 3.63) is 29.8 Å². The van der Waals surface area contributed by atoms with E-state index in [2.05, 4.69) is 0 Å². The fourth-order valence-electron chi connectivity index (χ4n) is 2.63. The van der Waals surface area contributed by atoms with Crippen LogP contribution in [0.25, 0.3) is 0 Å². The summed E-state index contributed by atoms with van der Waals surface area (Å²) in [5, 5.41) is 19.1. The van der Waals surface area contributed by atoms with Crippen molar-refractivity contribution in [3.8, 4) is 0 Å². The maximum Gasteiger partial charge on any atom is 0.294 e. The molecule has 2 fully saturated rings. The number of nitrogens with two attached hydrogens (primary N) is 1. The van der Waals surface area contributed by atoms with Crippen molar-refractivity contribution < 1.29 is 37.4 Å². The normalized spacial score (nSPS) is 33.6. The molecule has 0 amide bonds. The van der Waals surface area contributed by atoms with Gasteiger partial charge in [-0.15, -0.1) is 0 Å². The molecule has 1 aromatic rings. The Labute approximate surface area is 152 Å². The van der Waals surface area contributed by atoms with Crippen LogP contribution in [0, 0.1) is 6.92 Å². The summed E-state index contributed by atoms with van der Waals surface area (Å²) < 4.78 is 45.7. The lowest BCUT2D eigenvalue weighted by molar-refractivity contribution is -0.161. The molecule has 0 spiro atoms. The first kappa shape index (κ1) is 21.2. The molecule has 1 aromatic carbocycles. The maximum atomic E-state index is 10.5. The Morgan fingerprint density at radius 3 is 2.12 bits per heavy atom. The van der Waals surface area contributed by atoms with E-state index in [1.807, 2.05) is 6.92 Å². The Morgan fingerprint density at radius 2 is 1.73 bits per heavy atom. The van der Waals surface area contributed by atoms with Crippen LogP contribution in [-0.4, -0.2) is 66.2 Å². The van der Waals surface area contributed by atoms with Gasteiger partial charge in [-0.1, -0.05) is 17.7 Å². The number of ether oxygens (including phenoxy) is 3. The Morgan fingerprint density at radius 1 is 1.15 bits per heavy atom. The number of benzene rings is 1. The quantitative estimate of drug-likeness (QED) is 0.502. The van der Waals surface area contributed by atoms with Gasteiger partial charge < -0.3 is 30.2 Å². The molecule has 2 saturated heterocycles. The Bertz CT molecular complexity index is 705. The van der Waals surface area contributed by atoms with E-state index in [0.29, 0.717) is 6.61 Å². The molecule has 26 heavy (non-hydrogen) atoms. The van der Waals surface area contributed by atoms with Crippen LogP contribution in [0.1, 0.15) is 19.4 Å². The molecule has 10 heteroatoms. The highest BCUT2D eigenvalue weighted by atomic mass is 32.2. The molecule has 148 valence electrons.